The predicted molar refractivity (Wildman–Crippen MR) is 71.6 cm³/mol. The molecule has 0 saturated heterocycles. The molecule has 1 atom stereocenters. The van der Waals surface area contributed by atoms with Crippen molar-refractivity contribution < 1.29 is 4.79 Å². The molecule has 0 aliphatic heterocycles. The molecule has 3 nitrogen and oxygen atoms in total. The van der Waals surface area contributed by atoms with Crippen LogP contribution in [0.1, 0.15) is 25.1 Å². The molecule has 90 valence electrons. The predicted octanol–water partition coefficient (Wildman–Crippen LogP) is 2.51. The lowest BCUT2D eigenvalue weighted by atomic mass is 10.3. The maximum absolute atomic E-state index is 11.5. The van der Waals surface area contributed by atoms with E-state index in [1.165, 1.54) is 4.88 Å². The Bertz CT molecular complexity index is 340. The molecule has 2 N–H and O–H groups in total. The standard InChI is InChI=1S/C11H17BrN2OS/c1-3-6-13-11(15)8(2)14-7-9-4-5-10(12)16-9/h4-5,8,14H,3,6-7H2,1-2H3,(H,13,15). The molecule has 1 amide bonds. The van der Waals surface area contributed by atoms with Crippen molar-refractivity contribution >= 4 is 33.2 Å². The molecule has 1 aromatic rings. The lowest BCUT2D eigenvalue weighted by Crippen LogP contribution is -2.41. The van der Waals surface area contributed by atoms with Crippen molar-refractivity contribution in [2.24, 2.45) is 0 Å². The van der Waals surface area contributed by atoms with E-state index < -0.39 is 0 Å². The Morgan fingerprint density at radius 1 is 1.56 bits per heavy atom. The Balaban J connectivity index is 2.29. The van der Waals surface area contributed by atoms with Gasteiger partial charge in [0.25, 0.3) is 0 Å². The lowest BCUT2D eigenvalue weighted by Gasteiger charge is -2.12. The van der Waals surface area contributed by atoms with Gasteiger partial charge in [-0.25, -0.2) is 0 Å². The number of halogens is 1. The van der Waals surface area contributed by atoms with E-state index in [1.54, 1.807) is 11.3 Å². The summed E-state index contributed by atoms with van der Waals surface area (Å²) in [6, 6.07) is 3.93. The molecule has 1 heterocycles. The molecule has 0 radical (unpaired) electrons. The highest BCUT2D eigenvalue weighted by atomic mass is 79.9. The van der Waals surface area contributed by atoms with Gasteiger partial charge in [0.15, 0.2) is 0 Å². The van der Waals surface area contributed by atoms with Crippen LogP contribution in [-0.4, -0.2) is 18.5 Å². The molecule has 0 saturated carbocycles. The summed E-state index contributed by atoms with van der Waals surface area (Å²) in [6.45, 7) is 5.40. The van der Waals surface area contributed by atoms with Crippen LogP contribution in [0, 0.1) is 0 Å². The van der Waals surface area contributed by atoms with E-state index in [2.05, 4.69) is 32.6 Å². The number of hydrogen-bond acceptors (Lipinski definition) is 3. The molecule has 0 fully saturated rings. The van der Waals surface area contributed by atoms with Crippen molar-refractivity contribution in [2.45, 2.75) is 32.9 Å². The fourth-order valence-corrected chi connectivity index (χ4v) is 2.63. The Morgan fingerprint density at radius 3 is 2.88 bits per heavy atom. The summed E-state index contributed by atoms with van der Waals surface area (Å²) < 4.78 is 1.12. The largest absolute Gasteiger partial charge is 0.355 e. The van der Waals surface area contributed by atoms with Gasteiger partial charge in [-0.3, -0.25) is 4.79 Å². The van der Waals surface area contributed by atoms with E-state index in [0.717, 1.165) is 23.3 Å². The topological polar surface area (TPSA) is 41.1 Å². The van der Waals surface area contributed by atoms with Gasteiger partial charge < -0.3 is 10.6 Å². The van der Waals surface area contributed by atoms with Crippen LogP contribution in [0.5, 0.6) is 0 Å². The third-order valence-corrected chi connectivity index (χ3v) is 3.78. The summed E-state index contributed by atoms with van der Waals surface area (Å²) in [7, 11) is 0. The fourth-order valence-electron chi connectivity index (χ4n) is 1.19. The summed E-state index contributed by atoms with van der Waals surface area (Å²) in [6.07, 6.45) is 0.969. The second-order valence-corrected chi connectivity index (χ2v) is 6.15. The van der Waals surface area contributed by atoms with Gasteiger partial charge in [-0.2, -0.15) is 0 Å². The van der Waals surface area contributed by atoms with E-state index in [4.69, 9.17) is 0 Å². The first-order valence-electron chi connectivity index (χ1n) is 5.38. The van der Waals surface area contributed by atoms with Crippen molar-refractivity contribution in [3.05, 3.63) is 20.8 Å². The number of thiophene rings is 1. The SMILES string of the molecule is CCCNC(=O)C(C)NCc1ccc(Br)s1. The number of amides is 1. The Labute approximate surface area is 109 Å². The van der Waals surface area contributed by atoms with Gasteiger partial charge in [-0.15, -0.1) is 11.3 Å². The monoisotopic (exact) mass is 304 g/mol. The molecule has 0 bridgehead atoms. The van der Waals surface area contributed by atoms with E-state index in [9.17, 15) is 4.79 Å². The Morgan fingerprint density at radius 2 is 2.31 bits per heavy atom. The van der Waals surface area contributed by atoms with Gasteiger partial charge in [-0.05, 0) is 41.4 Å². The average Bonchev–Trinajstić information content (AvgIpc) is 2.68. The second kappa shape index (κ2) is 7.04. The summed E-state index contributed by atoms with van der Waals surface area (Å²) in [4.78, 5) is 12.8. The number of carbonyl (C=O) groups is 1. The van der Waals surface area contributed by atoms with Gasteiger partial charge in [0.1, 0.15) is 0 Å². The maximum Gasteiger partial charge on any atom is 0.236 e. The highest BCUT2D eigenvalue weighted by molar-refractivity contribution is 9.11. The molecule has 0 aromatic carbocycles. The molecule has 1 unspecified atom stereocenters. The second-order valence-electron chi connectivity index (χ2n) is 3.60. The van der Waals surface area contributed by atoms with Crippen LogP contribution < -0.4 is 10.6 Å². The molecule has 1 aromatic heterocycles. The van der Waals surface area contributed by atoms with Gasteiger partial charge >= 0.3 is 0 Å². The minimum Gasteiger partial charge on any atom is -0.355 e. The smallest absolute Gasteiger partial charge is 0.236 e. The zero-order valence-corrected chi connectivity index (χ0v) is 12.0. The number of rotatable bonds is 6. The maximum atomic E-state index is 11.5. The Kier molecular flexibility index (Phi) is 6.01. The normalized spacial score (nSPS) is 12.4. The fraction of sp³-hybridized carbons (Fsp3) is 0.545. The van der Waals surface area contributed by atoms with Crippen LogP contribution in [0.4, 0.5) is 0 Å². The van der Waals surface area contributed by atoms with Crippen molar-refractivity contribution in [3.63, 3.8) is 0 Å². The van der Waals surface area contributed by atoms with Crippen molar-refractivity contribution in [1.82, 2.24) is 10.6 Å². The number of nitrogens with one attached hydrogen (secondary N) is 2. The van der Waals surface area contributed by atoms with Gasteiger partial charge in [-0.1, -0.05) is 6.92 Å². The third-order valence-electron chi connectivity index (χ3n) is 2.15. The van der Waals surface area contributed by atoms with E-state index in [0.29, 0.717) is 0 Å². The minimum atomic E-state index is -0.146. The quantitative estimate of drug-likeness (QED) is 0.848. The highest BCUT2D eigenvalue weighted by Crippen LogP contribution is 2.21. The van der Waals surface area contributed by atoms with E-state index in [-0.39, 0.29) is 11.9 Å². The van der Waals surface area contributed by atoms with Crippen LogP contribution in [0.2, 0.25) is 0 Å². The van der Waals surface area contributed by atoms with Gasteiger partial charge in [0.2, 0.25) is 5.91 Å². The number of hydrogen-bond donors (Lipinski definition) is 2. The molecule has 0 aliphatic rings. The van der Waals surface area contributed by atoms with Crippen LogP contribution in [0.15, 0.2) is 15.9 Å². The zero-order valence-electron chi connectivity index (χ0n) is 9.55. The molecule has 0 spiro atoms. The molecular formula is C11H17BrN2OS. The van der Waals surface area contributed by atoms with Gasteiger partial charge in [0, 0.05) is 18.0 Å². The molecule has 1 rings (SSSR count). The first kappa shape index (κ1) is 13.7. The van der Waals surface area contributed by atoms with Crippen molar-refractivity contribution in [2.75, 3.05) is 6.54 Å². The average molecular weight is 305 g/mol. The van der Waals surface area contributed by atoms with Crippen molar-refractivity contribution in [1.29, 1.82) is 0 Å². The first-order chi connectivity index (χ1) is 7.63. The van der Waals surface area contributed by atoms with E-state index >= 15 is 0 Å². The summed E-state index contributed by atoms with van der Waals surface area (Å²) in [5.74, 6) is 0.0671. The van der Waals surface area contributed by atoms with Crippen LogP contribution in [0.25, 0.3) is 0 Å². The summed E-state index contributed by atoms with van der Waals surface area (Å²) in [5, 5.41) is 6.06. The Hall–Kier alpha value is -0.390. The van der Waals surface area contributed by atoms with Crippen LogP contribution >= 0.6 is 27.3 Å². The summed E-state index contributed by atoms with van der Waals surface area (Å²) in [5.41, 5.74) is 0. The molecule has 0 aliphatic carbocycles. The van der Waals surface area contributed by atoms with E-state index in [1.807, 2.05) is 19.9 Å². The molecule has 5 heteroatoms. The lowest BCUT2D eigenvalue weighted by molar-refractivity contribution is -0.122. The van der Waals surface area contributed by atoms with Gasteiger partial charge in [0.05, 0.1) is 9.83 Å². The first-order valence-corrected chi connectivity index (χ1v) is 6.99. The molecular weight excluding hydrogens is 288 g/mol. The zero-order chi connectivity index (χ0) is 12.0. The minimum absolute atomic E-state index is 0.0671. The summed E-state index contributed by atoms with van der Waals surface area (Å²) >= 11 is 5.10. The van der Waals surface area contributed by atoms with Crippen LogP contribution in [0.3, 0.4) is 0 Å². The van der Waals surface area contributed by atoms with Crippen molar-refractivity contribution in [3.8, 4) is 0 Å². The third kappa shape index (κ3) is 4.63. The number of carbonyl (C=O) groups excluding carboxylic acids is 1. The van der Waals surface area contributed by atoms with Crippen LogP contribution in [-0.2, 0) is 11.3 Å². The molecule has 16 heavy (non-hydrogen) atoms. The highest BCUT2D eigenvalue weighted by Gasteiger charge is 2.11.